The summed E-state index contributed by atoms with van der Waals surface area (Å²) < 4.78 is 32.7. The van der Waals surface area contributed by atoms with Gasteiger partial charge in [-0.25, -0.2) is 8.78 Å². The molecule has 0 heterocycles. The van der Waals surface area contributed by atoms with Gasteiger partial charge in [-0.3, -0.25) is 0 Å². The first-order chi connectivity index (χ1) is 7.92. The molecule has 0 fully saturated rings. The van der Waals surface area contributed by atoms with Gasteiger partial charge in [-0.1, -0.05) is 0 Å². The Hall–Kier alpha value is -1.63. The average molecular weight is 239 g/mol. The van der Waals surface area contributed by atoms with Crippen LogP contribution in [-0.2, 0) is 5.92 Å². The van der Waals surface area contributed by atoms with Gasteiger partial charge in [0.05, 0.1) is 13.2 Å². The van der Waals surface area contributed by atoms with Crippen molar-refractivity contribution in [3.05, 3.63) is 28.8 Å². The van der Waals surface area contributed by atoms with Crippen molar-refractivity contribution >= 4 is 0 Å². The summed E-state index contributed by atoms with van der Waals surface area (Å²) in [7, 11) is 1.51. The number of hydrogen-bond acceptors (Lipinski definition) is 2. The molecule has 1 aromatic carbocycles. The molecule has 0 saturated heterocycles. The third-order valence-corrected chi connectivity index (χ3v) is 2.69. The first-order valence-corrected chi connectivity index (χ1v) is 5.33. The van der Waals surface area contributed by atoms with E-state index in [1.807, 2.05) is 0 Å². The molecule has 0 bridgehead atoms. The number of nitrogens with zero attached hydrogens (tertiary/aromatic N) is 1. The minimum Gasteiger partial charge on any atom is -0.496 e. The van der Waals surface area contributed by atoms with Crippen molar-refractivity contribution in [2.45, 2.75) is 32.6 Å². The highest BCUT2D eigenvalue weighted by Crippen LogP contribution is 2.37. The van der Waals surface area contributed by atoms with Gasteiger partial charge in [0.2, 0.25) is 0 Å². The monoisotopic (exact) mass is 239 g/mol. The lowest BCUT2D eigenvalue weighted by Gasteiger charge is -2.19. The number of aryl methyl sites for hydroxylation is 2. The molecule has 0 unspecified atom stereocenters. The fourth-order valence-electron chi connectivity index (χ4n) is 1.75. The minimum atomic E-state index is -2.96. The van der Waals surface area contributed by atoms with E-state index in [1.54, 1.807) is 26.0 Å². The molecular formula is C13H15F2NO. The van der Waals surface area contributed by atoms with Crippen LogP contribution >= 0.6 is 0 Å². The first kappa shape index (κ1) is 13.4. The standard InChI is InChI=1S/C13H15F2NO/c1-9-8-12(17-3)10(2)7-11(9)13(14,15)5-4-6-16/h7-8H,4-5H2,1-3H3. The molecule has 0 aromatic heterocycles. The van der Waals surface area contributed by atoms with Gasteiger partial charge in [0.15, 0.2) is 0 Å². The van der Waals surface area contributed by atoms with Crippen LogP contribution in [0.5, 0.6) is 5.75 Å². The molecule has 0 atom stereocenters. The molecule has 17 heavy (non-hydrogen) atoms. The van der Waals surface area contributed by atoms with Crippen LogP contribution in [0.15, 0.2) is 12.1 Å². The highest BCUT2D eigenvalue weighted by Gasteiger charge is 2.33. The lowest BCUT2D eigenvalue weighted by atomic mass is 9.96. The smallest absolute Gasteiger partial charge is 0.274 e. The molecule has 2 nitrogen and oxygen atoms in total. The van der Waals surface area contributed by atoms with Gasteiger partial charge in [0.25, 0.3) is 5.92 Å². The van der Waals surface area contributed by atoms with Gasteiger partial charge in [-0.15, -0.1) is 0 Å². The Balaban J connectivity index is 3.14. The van der Waals surface area contributed by atoms with E-state index in [1.165, 1.54) is 13.2 Å². The lowest BCUT2D eigenvalue weighted by Crippen LogP contribution is -2.15. The zero-order valence-electron chi connectivity index (χ0n) is 10.2. The maximum Gasteiger partial charge on any atom is 0.274 e. The van der Waals surface area contributed by atoms with Crippen LogP contribution in [0.25, 0.3) is 0 Å². The number of methoxy groups -OCH3 is 1. The summed E-state index contributed by atoms with van der Waals surface area (Å²) in [5.74, 6) is -2.36. The van der Waals surface area contributed by atoms with Crippen LogP contribution in [0.3, 0.4) is 0 Å². The van der Waals surface area contributed by atoms with Crippen molar-refractivity contribution in [1.82, 2.24) is 0 Å². The number of rotatable bonds is 4. The molecule has 0 aliphatic carbocycles. The normalized spacial score (nSPS) is 11.1. The minimum absolute atomic E-state index is 0.0222. The second-order valence-corrected chi connectivity index (χ2v) is 4.00. The Kier molecular flexibility index (Phi) is 4.06. The van der Waals surface area contributed by atoms with Gasteiger partial charge < -0.3 is 4.74 Å². The fraction of sp³-hybridized carbons (Fsp3) is 0.462. The third kappa shape index (κ3) is 2.94. The van der Waals surface area contributed by atoms with Crippen molar-refractivity contribution in [2.75, 3.05) is 7.11 Å². The number of nitriles is 1. The van der Waals surface area contributed by atoms with Gasteiger partial charge >= 0.3 is 0 Å². The summed E-state index contributed by atoms with van der Waals surface area (Å²) in [6.45, 7) is 3.35. The van der Waals surface area contributed by atoms with Crippen LogP contribution in [-0.4, -0.2) is 7.11 Å². The Morgan fingerprint density at radius 3 is 2.47 bits per heavy atom. The molecule has 0 amide bonds. The summed E-state index contributed by atoms with van der Waals surface area (Å²) in [6.07, 6.45) is -0.604. The Morgan fingerprint density at radius 2 is 1.94 bits per heavy atom. The van der Waals surface area contributed by atoms with Crippen LogP contribution < -0.4 is 4.74 Å². The summed E-state index contributed by atoms with van der Waals surface area (Å²) in [5.41, 5.74) is 1.13. The van der Waals surface area contributed by atoms with E-state index in [2.05, 4.69) is 0 Å². The Morgan fingerprint density at radius 1 is 1.29 bits per heavy atom. The molecule has 1 rings (SSSR count). The fourth-order valence-corrected chi connectivity index (χ4v) is 1.75. The van der Waals surface area contributed by atoms with Crippen LogP contribution in [0.2, 0.25) is 0 Å². The average Bonchev–Trinajstić information content (AvgIpc) is 2.28. The SMILES string of the molecule is COc1cc(C)c(C(F)(F)CCC#N)cc1C. The lowest BCUT2D eigenvalue weighted by molar-refractivity contribution is -0.0126. The molecule has 0 aliphatic rings. The number of hydrogen-bond donors (Lipinski definition) is 0. The number of ether oxygens (including phenoxy) is 1. The number of benzene rings is 1. The van der Waals surface area contributed by atoms with Crippen LogP contribution in [0.4, 0.5) is 8.78 Å². The van der Waals surface area contributed by atoms with Crippen molar-refractivity contribution in [3.8, 4) is 11.8 Å². The molecule has 1 aromatic rings. The second-order valence-electron chi connectivity index (χ2n) is 4.00. The van der Waals surface area contributed by atoms with E-state index in [9.17, 15) is 8.78 Å². The van der Waals surface area contributed by atoms with Gasteiger partial charge in [0.1, 0.15) is 5.75 Å². The van der Waals surface area contributed by atoms with Crippen LogP contribution in [0, 0.1) is 25.2 Å². The second kappa shape index (κ2) is 5.13. The molecule has 0 spiro atoms. The number of alkyl halides is 2. The van der Waals surface area contributed by atoms with Crippen molar-refractivity contribution in [2.24, 2.45) is 0 Å². The molecule has 92 valence electrons. The number of halogens is 2. The highest BCUT2D eigenvalue weighted by molar-refractivity contribution is 5.43. The van der Waals surface area contributed by atoms with Crippen molar-refractivity contribution < 1.29 is 13.5 Å². The van der Waals surface area contributed by atoms with Gasteiger partial charge in [0, 0.05) is 18.4 Å². The van der Waals surface area contributed by atoms with Crippen molar-refractivity contribution in [3.63, 3.8) is 0 Å². The molecule has 4 heteroatoms. The zero-order valence-corrected chi connectivity index (χ0v) is 10.2. The summed E-state index contributed by atoms with van der Waals surface area (Å²) >= 11 is 0. The summed E-state index contributed by atoms with van der Waals surface area (Å²) in [4.78, 5) is 0. The van der Waals surface area contributed by atoms with Crippen LogP contribution in [0.1, 0.15) is 29.5 Å². The van der Waals surface area contributed by atoms with E-state index in [-0.39, 0.29) is 12.0 Å². The predicted molar refractivity (Wildman–Crippen MR) is 61.2 cm³/mol. The Labute approximate surface area is 99.8 Å². The largest absolute Gasteiger partial charge is 0.496 e. The molecule has 0 N–H and O–H groups in total. The maximum atomic E-state index is 13.8. The summed E-state index contributed by atoms with van der Waals surface area (Å²) in [5, 5.41) is 8.38. The zero-order chi connectivity index (χ0) is 13.1. The molecule has 0 aliphatic heterocycles. The molecular weight excluding hydrogens is 224 g/mol. The van der Waals surface area contributed by atoms with Crippen molar-refractivity contribution in [1.29, 1.82) is 5.26 Å². The Bertz CT molecular complexity index is 449. The quantitative estimate of drug-likeness (QED) is 0.802. The topological polar surface area (TPSA) is 33.0 Å². The van der Waals surface area contributed by atoms with E-state index < -0.39 is 12.3 Å². The first-order valence-electron chi connectivity index (χ1n) is 5.33. The maximum absolute atomic E-state index is 13.8. The van der Waals surface area contributed by atoms with E-state index >= 15 is 0 Å². The van der Waals surface area contributed by atoms with E-state index in [0.717, 1.165) is 0 Å². The van der Waals surface area contributed by atoms with Gasteiger partial charge in [-0.05, 0) is 37.1 Å². The third-order valence-electron chi connectivity index (χ3n) is 2.69. The van der Waals surface area contributed by atoms with Gasteiger partial charge in [-0.2, -0.15) is 5.26 Å². The molecule has 0 radical (unpaired) electrons. The van der Waals surface area contributed by atoms with E-state index in [4.69, 9.17) is 10.00 Å². The molecule has 0 saturated carbocycles. The highest BCUT2D eigenvalue weighted by atomic mass is 19.3. The predicted octanol–water partition coefficient (Wildman–Crippen LogP) is 3.71. The summed E-state index contributed by atoms with van der Waals surface area (Å²) in [6, 6.07) is 4.78. The van der Waals surface area contributed by atoms with E-state index in [0.29, 0.717) is 16.9 Å².